The Bertz CT molecular complexity index is 430. The summed E-state index contributed by atoms with van der Waals surface area (Å²) in [5.74, 6) is -1.02. The zero-order valence-electron chi connectivity index (χ0n) is 7.40. The van der Waals surface area contributed by atoms with E-state index in [4.69, 9.17) is 10.4 Å². The SMILES string of the molecule is N#CC1(c2ncccc2C(=O)O)CC1. The highest BCUT2D eigenvalue weighted by Gasteiger charge is 2.48. The molecule has 70 valence electrons. The highest BCUT2D eigenvalue weighted by molar-refractivity contribution is 5.89. The molecule has 1 N–H and O–H groups in total. The van der Waals surface area contributed by atoms with E-state index in [-0.39, 0.29) is 5.56 Å². The molecule has 0 atom stereocenters. The van der Waals surface area contributed by atoms with Gasteiger partial charge in [-0.25, -0.2) is 4.79 Å². The first-order chi connectivity index (χ1) is 6.69. The Kier molecular flexibility index (Phi) is 1.74. The fourth-order valence-corrected chi connectivity index (χ4v) is 1.49. The van der Waals surface area contributed by atoms with E-state index in [1.165, 1.54) is 12.3 Å². The highest BCUT2D eigenvalue weighted by Crippen LogP contribution is 2.47. The summed E-state index contributed by atoms with van der Waals surface area (Å²) >= 11 is 0. The molecule has 1 aliphatic carbocycles. The van der Waals surface area contributed by atoms with Gasteiger partial charge in [-0.15, -0.1) is 0 Å². The van der Waals surface area contributed by atoms with Crippen LogP contribution in [0.4, 0.5) is 0 Å². The number of nitrogens with zero attached hydrogens (tertiary/aromatic N) is 2. The van der Waals surface area contributed by atoms with Crippen LogP contribution in [0.15, 0.2) is 18.3 Å². The number of nitriles is 1. The summed E-state index contributed by atoms with van der Waals surface area (Å²) in [7, 11) is 0. The minimum Gasteiger partial charge on any atom is -0.478 e. The molecule has 0 spiro atoms. The van der Waals surface area contributed by atoms with Crippen molar-refractivity contribution in [1.29, 1.82) is 5.26 Å². The minimum absolute atomic E-state index is 0.145. The number of aromatic carboxylic acids is 1. The average Bonchev–Trinajstić information content (AvgIpc) is 2.98. The van der Waals surface area contributed by atoms with E-state index in [1.807, 2.05) is 0 Å². The predicted octanol–water partition coefficient (Wildman–Crippen LogP) is 1.33. The van der Waals surface area contributed by atoms with Gasteiger partial charge in [0.05, 0.1) is 17.3 Å². The largest absolute Gasteiger partial charge is 0.478 e. The number of carboxylic acids is 1. The number of rotatable bonds is 2. The zero-order chi connectivity index (χ0) is 10.2. The summed E-state index contributed by atoms with van der Waals surface area (Å²) in [5.41, 5.74) is -0.0730. The second kappa shape index (κ2) is 2.81. The van der Waals surface area contributed by atoms with Crippen LogP contribution >= 0.6 is 0 Å². The van der Waals surface area contributed by atoms with Crippen LogP contribution < -0.4 is 0 Å². The van der Waals surface area contributed by atoms with Crippen molar-refractivity contribution in [3.05, 3.63) is 29.6 Å². The van der Waals surface area contributed by atoms with Gasteiger partial charge in [0.25, 0.3) is 0 Å². The molecule has 1 fully saturated rings. The molecule has 14 heavy (non-hydrogen) atoms. The van der Waals surface area contributed by atoms with Crippen molar-refractivity contribution in [1.82, 2.24) is 4.98 Å². The lowest BCUT2D eigenvalue weighted by atomic mass is 9.99. The maximum Gasteiger partial charge on any atom is 0.337 e. The first kappa shape index (κ1) is 8.70. The van der Waals surface area contributed by atoms with Crippen molar-refractivity contribution in [2.24, 2.45) is 0 Å². The highest BCUT2D eigenvalue weighted by atomic mass is 16.4. The summed E-state index contributed by atoms with van der Waals surface area (Å²) < 4.78 is 0. The minimum atomic E-state index is -1.02. The van der Waals surface area contributed by atoms with E-state index in [9.17, 15) is 4.79 Å². The van der Waals surface area contributed by atoms with Gasteiger partial charge in [-0.3, -0.25) is 4.98 Å². The van der Waals surface area contributed by atoms with Gasteiger partial charge in [-0.2, -0.15) is 5.26 Å². The molecule has 0 saturated heterocycles. The van der Waals surface area contributed by atoms with Crippen LogP contribution in [0, 0.1) is 11.3 Å². The zero-order valence-corrected chi connectivity index (χ0v) is 7.40. The van der Waals surface area contributed by atoms with E-state index in [2.05, 4.69) is 11.1 Å². The molecular weight excluding hydrogens is 180 g/mol. The van der Waals surface area contributed by atoms with Crippen LogP contribution in [0.3, 0.4) is 0 Å². The van der Waals surface area contributed by atoms with Crippen molar-refractivity contribution in [3.8, 4) is 6.07 Å². The van der Waals surface area contributed by atoms with Crippen molar-refractivity contribution >= 4 is 5.97 Å². The van der Waals surface area contributed by atoms with Gasteiger partial charge in [0.15, 0.2) is 0 Å². The third-order valence-electron chi connectivity index (χ3n) is 2.46. The standard InChI is InChI=1S/C10H8N2O2/c11-6-10(3-4-10)8-7(9(13)14)2-1-5-12-8/h1-2,5H,3-4H2,(H,13,14). The molecule has 1 heterocycles. The molecule has 1 saturated carbocycles. The van der Waals surface area contributed by atoms with E-state index in [0.29, 0.717) is 18.5 Å². The van der Waals surface area contributed by atoms with Gasteiger partial charge in [0.1, 0.15) is 5.41 Å². The number of pyridine rings is 1. The van der Waals surface area contributed by atoms with Gasteiger partial charge >= 0.3 is 5.97 Å². The summed E-state index contributed by atoms with van der Waals surface area (Å²) in [5, 5.41) is 17.8. The van der Waals surface area contributed by atoms with Crippen LogP contribution in [0.1, 0.15) is 28.9 Å². The van der Waals surface area contributed by atoms with Crippen molar-refractivity contribution < 1.29 is 9.90 Å². The fraction of sp³-hybridized carbons (Fsp3) is 0.300. The normalized spacial score (nSPS) is 17.1. The predicted molar refractivity (Wildman–Crippen MR) is 47.7 cm³/mol. The molecule has 2 rings (SSSR count). The summed E-state index contributed by atoms with van der Waals surface area (Å²) in [6.07, 6.45) is 2.95. The molecular formula is C10H8N2O2. The third-order valence-corrected chi connectivity index (χ3v) is 2.46. The summed E-state index contributed by atoms with van der Waals surface area (Å²) in [4.78, 5) is 14.9. The van der Waals surface area contributed by atoms with Crippen LogP contribution in [0.25, 0.3) is 0 Å². The topological polar surface area (TPSA) is 74.0 Å². The van der Waals surface area contributed by atoms with Gasteiger partial charge in [0, 0.05) is 6.20 Å². The second-order valence-electron chi connectivity index (χ2n) is 3.40. The number of hydrogen-bond donors (Lipinski definition) is 1. The van der Waals surface area contributed by atoms with Crippen molar-refractivity contribution in [2.75, 3.05) is 0 Å². The third kappa shape index (κ3) is 1.14. The molecule has 4 heteroatoms. The maximum absolute atomic E-state index is 10.9. The van der Waals surface area contributed by atoms with Crippen molar-refractivity contribution in [3.63, 3.8) is 0 Å². The fourth-order valence-electron chi connectivity index (χ4n) is 1.49. The maximum atomic E-state index is 10.9. The lowest BCUT2D eigenvalue weighted by Gasteiger charge is -2.07. The average molecular weight is 188 g/mol. The van der Waals surface area contributed by atoms with E-state index >= 15 is 0 Å². The molecule has 1 aromatic heterocycles. The summed E-state index contributed by atoms with van der Waals surface area (Å²) in [6.45, 7) is 0. The van der Waals surface area contributed by atoms with Crippen molar-refractivity contribution in [2.45, 2.75) is 18.3 Å². The van der Waals surface area contributed by atoms with Gasteiger partial charge in [-0.1, -0.05) is 0 Å². The molecule has 0 amide bonds. The number of aromatic nitrogens is 1. The first-order valence-corrected chi connectivity index (χ1v) is 4.30. The second-order valence-corrected chi connectivity index (χ2v) is 3.40. The van der Waals surface area contributed by atoms with Crippen LogP contribution in [-0.2, 0) is 5.41 Å². The number of carbonyl (C=O) groups is 1. The van der Waals surface area contributed by atoms with E-state index in [1.54, 1.807) is 6.07 Å². The van der Waals surface area contributed by atoms with Gasteiger partial charge in [-0.05, 0) is 25.0 Å². The summed E-state index contributed by atoms with van der Waals surface area (Å²) in [6, 6.07) is 5.20. The first-order valence-electron chi connectivity index (χ1n) is 4.30. The Morgan fingerprint density at radius 2 is 2.36 bits per heavy atom. The lowest BCUT2D eigenvalue weighted by molar-refractivity contribution is 0.0694. The Hall–Kier alpha value is -1.89. The van der Waals surface area contributed by atoms with E-state index < -0.39 is 11.4 Å². The van der Waals surface area contributed by atoms with Gasteiger partial charge in [0.2, 0.25) is 0 Å². The number of carboxylic acid groups (broad SMARTS) is 1. The molecule has 1 aliphatic rings. The smallest absolute Gasteiger partial charge is 0.337 e. The molecule has 0 aliphatic heterocycles. The van der Waals surface area contributed by atoms with Gasteiger partial charge < -0.3 is 5.11 Å². The van der Waals surface area contributed by atoms with Crippen LogP contribution in [-0.4, -0.2) is 16.1 Å². The van der Waals surface area contributed by atoms with Crippen LogP contribution in [0.2, 0.25) is 0 Å². The lowest BCUT2D eigenvalue weighted by Crippen LogP contribution is -2.13. The Labute approximate surface area is 80.8 Å². The quantitative estimate of drug-likeness (QED) is 0.759. The van der Waals surface area contributed by atoms with Crippen LogP contribution in [0.5, 0.6) is 0 Å². The molecule has 0 aromatic carbocycles. The molecule has 0 unspecified atom stereocenters. The Balaban J connectivity index is 2.54. The monoisotopic (exact) mass is 188 g/mol. The molecule has 1 aromatic rings. The Morgan fingerprint density at radius 3 is 2.86 bits per heavy atom. The molecule has 0 bridgehead atoms. The van der Waals surface area contributed by atoms with E-state index in [0.717, 1.165) is 0 Å². The molecule has 0 radical (unpaired) electrons. The Morgan fingerprint density at radius 1 is 1.64 bits per heavy atom. The number of hydrogen-bond acceptors (Lipinski definition) is 3. The molecule has 4 nitrogen and oxygen atoms in total.